The molecule has 1 saturated heterocycles. The van der Waals surface area contributed by atoms with Gasteiger partial charge in [-0.1, -0.05) is 17.7 Å². The van der Waals surface area contributed by atoms with E-state index >= 15 is 0 Å². The maximum Gasteiger partial charge on any atom is 0.251 e. The smallest absolute Gasteiger partial charge is 0.251 e. The number of carbonyl (C=O) groups excluding carboxylic acids is 1. The monoisotopic (exact) mass is 394 g/mol. The van der Waals surface area contributed by atoms with E-state index in [0.29, 0.717) is 10.6 Å². The normalized spacial score (nSPS) is 20.2. The highest BCUT2D eigenvalue weighted by Gasteiger charge is 2.36. The molecule has 1 aromatic rings. The average Bonchev–Trinajstić information content (AvgIpc) is 2.81. The summed E-state index contributed by atoms with van der Waals surface area (Å²) in [6, 6.07) is 5.81. The fourth-order valence-corrected chi connectivity index (χ4v) is 5.79. The summed E-state index contributed by atoms with van der Waals surface area (Å²) in [5.74, 6) is -0.564. The van der Waals surface area contributed by atoms with Crippen molar-refractivity contribution in [3.8, 4) is 0 Å². The second kappa shape index (κ2) is 7.38. The zero-order valence-electron chi connectivity index (χ0n) is 13.1. The molecule has 0 radical (unpaired) electrons. The highest BCUT2D eigenvalue weighted by Crippen LogP contribution is 2.19. The van der Waals surface area contributed by atoms with E-state index < -0.39 is 25.9 Å². The lowest BCUT2D eigenvalue weighted by Gasteiger charge is -2.25. The van der Waals surface area contributed by atoms with Gasteiger partial charge in [-0.3, -0.25) is 4.79 Å². The summed E-state index contributed by atoms with van der Waals surface area (Å²) in [5, 5.41) is 3.05. The predicted molar refractivity (Wildman–Crippen MR) is 92.4 cm³/mol. The SMILES string of the molecule is CS(=O)(=O)N(CCNC(=O)c1cccc(Cl)c1)C1CCS(=O)(=O)C1. The molecule has 7 nitrogen and oxygen atoms in total. The molecule has 1 heterocycles. The third-order valence-electron chi connectivity index (χ3n) is 3.75. The number of rotatable bonds is 6. The second-order valence-corrected chi connectivity index (χ2v) is 10.3. The van der Waals surface area contributed by atoms with Gasteiger partial charge in [0.15, 0.2) is 9.84 Å². The summed E-state index contributed by atoms with van der Waals surface area (Å²) in [6.45, 7) is 0.0975. The van der Waals surface area contributed by atoms with E-state index in [1.54, 1.807) is 18.2 Å². The van der Waals surface area contributed by atoms with Gasteiger partial charge in [-0.25, -0.2) is 16.8 Å². The van der Waals surface area contributed by atoms with E-state index in [-0.39, 0.29) is 36.9 Å². The number of nitrogens with one attached hydrogen (secondary N) is 1. The van der Waals surface area contributed by atoms with Crippen LogP contribution in [0.3, 0.4) is 0 Å². The van der Waals surface area contributed by atoms with Gasteiger partial charge in [0.2, 0.25) is 10.0 Å². The van der Waals surface area contributed by atoms with Crippen molar-refractivity contribution in [3.05, 3.63) is 34.9 Å². The minimum absolute atomic E-state index is 0.0153. The van der Waals surface area contributed by atoms with Crippen LogP contribution in [0.1, 0.15) is 16.8 Å². The predicted octanol–water partition coefficient (Wildman–Crippen LogP) is 0.519. The molecule has 1 fully saturated rings. The molecule has 0 saturated carbocycles. The number of amides is 1. The summed E-state index contributed by atoms with van der Waals surface area (Å²) in [4.78, 5) is 12.0. The van der Waals surface area contributed by atoms with E-state index in [9.17, 15) is 21.6 Å². The van der Waals surface area contributed by atoms with Crippen molar-refractivity contribution in [2.45, 2.75) is 12.5 Å². The Morgan fingerprint density at radius 2 is 2.12 bits per heavy atom. The summed E-state index contributed by atoms with van der Waals surface area (Å²) < 4.78 is 48.1. The zero-order valence-corrected chi connectivity index (χ0v) is 15.5. The molecule has 1 unspecified atom stereocenters. The molecule has 0 spiro atoms. The van der Waals surface area contributed by atoms with Crippen molar-refractivity contribution in [1.82, 2.24) is 9.62 Å². The fraction of sp³-hybridized carbons (Fsp3) is 0.500. The minimum Gasteiger partial charge on any atom is -0.351 e. The van der Waals surface area contributed by atoms with Crippen LogP contribution in [-0.4, -0.2) is 63.9 Å². The highest BCUT2D eigenvalue weighted by molar-refractivity contribution is 7.92. The van der Waals surface area contributed by atoms with Crippen LogP contribution >= 0.6 is 11.6 Å². The average molecular weight is 395 g/mol. The number of halogens is 1. The Hall–Kier alpha value is -1.16. The van der Waals surface area contributed by atoms with Crippen LogP contribution in [0.5, 0.6) is 0 Å². The third kappa shape index (κ3) is 5.17. The van der Waals surface area contributed by atoms with Crippen LogP contribution in [0.25, 0.3) is 0 Å². The second-order valence-electron chi connectivity index (χ2n) is 5.70. The molecule has 1 atom stereocenters. The lowest BCUT2D eigenvalue weighted by molar-refractivity contribution is 0.0950. The number of sulfonamides is 1. The Morgan fingerprint density at radius 1 is 1.42 bits per heavy atom. The summed E-state index contributed by atoms with van der Waals surface area (Å²) in [5.41, 5.74) is 0.372. The van der Waals surface area contributed by atoms with Crippen LogP contribution in [0.4, 0.5) is 0 Å². The number of benzene rings is 1. The van der Waals surface area contributed by atoms with Gasteiger partial charge in [0.05, 0.1) is 17.8 Å². The first kappa shape index (κ1) is 19.2. The Morgan fingerprint density at radius 3 is 2.67 bits per heavy atom. The number of sulfone groups is 1. The molecule has 1 amide bonds. The Labute approximate surface area is 147 Å². The number of hydrogen-bond acceptors (Lipinski definition) is 5. The van der Waals surface area contributed by atoms with E-state index in [1.807, 2.05) is 0 Å². The van der Waals surface area contributed by atoms with E-state index in [0.717, 1.165) is 10.6 Å². The van der Waals surface area contributed by atoms with Crippen molar-refractivity contribution in [2.75, 3.05) is 30.9 Å². The number of hydrogen-bond donors (Lipinski definition) is 1. The van der Waals surface area contributed by atoms with Gasteiger partial charge in [-0.05, 0) is 24.6 Å². The molecule has 0 aliphatic carbocycles. The topological polar surface area (TPSA) is 101 Å². The Kier molecular flexibility index (Phi) is 5.90. The van der Waals surface area contributed by atoms with Gasteiger partial charge in [-0.15, -0.1) is 0 Å². The fourth-order valence-electron chi connectivity index (χ4n) is 2.63. The first-order valence-corrected chi connectivity index (χ1v) is 11.3. The quantitative estimate of drug-likeness (QED) is 0.758. The van der Waals surface area contributed by atoms with Crippen molar-refractivity contribution in [2.24, 2.45) is 0 Å². The molecular weight excluding hydrogens is 376 g/mol. The van der Waals surface area contributed by atoms with Gasteiger partial charge >= 0.3 is 0 Å². The van der Waals surface area contributed by atoms with E-state index in [2.05, 4.69) is 5.32 Å². The van der Waals surface area contributed by atoms with Gasteiger partial charge in [0.25, 0.3) is 5.91 Å². The van der Waals surface area contributed by atoms with Crippen LogP contribution in [0, 0.1) is 0 Å². The molecular formula is C14H19ClN2O5S2. The van der Waals surface area contributed by atoms with E-state index in [4.69, 9.17) is 11.6 Å². The van der Waals surface area contributed by atoms with Crippen LogP contribution in [-0.2, 0) is 19.9 Å². The molecule has 1 aromatic carbocycles. The maximum absolute atomic E-state index is 12.0. The largest absolute Gasteiger partial charge is 0.351 e. The maximum atomic E-state index is 12.0. The van der Waals surface area contributed by atoms with E-state index in [1.165, 1.54) is 6.07 Å². The van der Waals surface area contributed by atoms with Gasteiger partial charge in [-0.2, -0.15) is 4.31 Å². The summed E-state index contributed by atoms with van der Waals surface area (Å²) in [7, 11) is -6.77. The summed E-state index contributed by atoms with van der Waals surface area (Å²) in [6.07, 6.45) is 1.31. The molecule has 24 heavy (non-hydrogen) atoms. The number of carbonyl (C=O) groups is 1. The first-order chi connectivity index (χ1) is 11.1. The van der Waals surface area contributed by atoms with Gasteiger partial charge in [0.1, 0.15) is 0 Å². The minimum atomic E-state index is -3.57. The van der Waals surface area contributed by atoms with Gasteiger partial charge < -0.3 is 5.32 Å². The van der Waals surface area contributed by atoms with Gasteiger partial charge in [0, 0.05) is 29.7 Å². The van der Waals surface area contributed by atoms with Crippen LogP contribution < -0.4 is 5.32 Å². The highest BCUT2D eigenvalue weighted by atomic mass is 35.5. The van der Waals surface area contributed by atoms with Crippen LogP contribution in [0.15, 0.2) is 24.3 Å². The first-order valence-electron chi connectivity index (χ1n) is 7.29. The van der Waals surface area contributed by atoms with Crippen molar-refractivity contribution in [3.63, 3.8) is 0 Å². The molecule has 10 heteroatoms. The van der Waals surface area contributed by atoms with Crippen LogP contribution in [0.2, 0.25) is 5.02 Å². The van der Waals surface area contributed by atoms with Crippen molar-refractivity contribution < 1.29 is 21.6 Å². The number of nitrogens with zero attached hydrogens (tertiary/aromatic N) is 1. The van der Waals surface area contributed by atoms with Crippen molar-refractivity contribution in [1.29, 1.82) is 0 Å². The molecule has 1 aliphatic heterocycles. The molecule has 0 aromatic heterocycles. The molecule has 1 aliphatic rings. The Balaban J connectivity index is 1.98. The lowest BCUT2D eigenvalue weighted by Crippen LogP contribution is -2.44. The third-order valence-corrected chi connectivity index (χ3v) is 7.06. The standard InChI is InChI=1S/C14H19ClN2O5S2/c1-23(19,20)17(13-5-8-24(21,22)10-13)7-6-16-14(18)11-3-2-4-12(15)9-11/h2-4,9,13H,5-8,10H2,1H3,(H,16,18). The Bertz CT molecular complexity index is 823. The molecule has 0 bridgehead atoms. The zero-order chi connectivity index (χ0) is 18.0. The lowest BCUT2D eigenvalue weighted by atomic mass is 10.2. The molecule has 1 N–H and O–H groups in total. The molecule has 2 rings (SSSR count). The summed E-state index contributed by atoms with van der Waals surface area (Å²) >= 11 is 5.82. The molecule has 134 valence electrons. The van der Waals surface area contributed by atoms with Crippen molar-refractivity contribution >= 4 is 37.4 Å².